The van der Waals surface area contributed by atoms with E-state index in [9.17, 15) is 17.3 Å². The lowest BCUT2D eigenvalue weighted by Crippen LogP contribution is -2.24. The molecule has 2 rings (SSSR count). The topological polar surface area (TPSA) is 17.0 Å². The van der Waals surface area contributed by atoms with Crippen molar-refractivity contribution >= 4 is 18.2 Å². The van der Waals surface area contributed by atoms with Crippen molar-refractivity contribution < 1.29 is 26.5 Å². The molecule has 15 heavy (non-hydrogen) atoms. The van der Waals surface area contributed by atoms with Gasteiger partial charge < -0.3 is 17.3 Å². The van der Waals surface area contributed by atoms with Gasteiger partial charge in [0.15, 0.2) is 13.3 Å². The molecule has 0 unspecified atom stereocenters. The molecule has 0 aliphatic heterocycles. The van der Waals surface area contributed by atoms with Gasteiger partial charge in [-0.2, -0.15) is 0 Å². The first kappa shape index (κ1) is 11.5. The third kappa shape index (κ3) is 4.01. The molecule has 0 saturated carbocycles. The van der Waals surface area contributed by atoms with Crippen molar-refractivity contribution in [2.24, 2.45) is 7.05 Å². The summed E-state index contributed by atoms with van der Waals surface area (Å²) in [4.78, 5) is 0. The van der Waals surface area contributed by atoms with Gasteiger partial charge in [-0.25, -0.2) is 4.52 Å². The number of hydrogen-bond donors (Lipinski definition) is 0. The number of aryl methyl sites for hydroxylation is 1. The normalized spacial score (nSPS) is 11.0. The van der Waals surface area contributed by atoms with Crippen LogP contribution in [0.1, 0.15) is 0 Å². The number of aromatic nitrogens is 1. The highest BCUT2D eigenvalue weighted by molar-refractivity contribution is 6.50. The van der Waals surface area contributed by atoms with E-state index in [1.165, 1.54) is 0 Å². The van der Waals surface area contributed by atoms with Gasteiger partial charge in [0.05, 0.1) is 5.39 Å². The lowest BCUT2D eigenvalue weighted by Gasteiger charge is -1.94. The maximum Gasteiger partial charge on any atom is 0.673 e. The zero-order chi connectivity index (χ0) is 11.5. The molecule has 0 amide bonds. The fourth-order valence-electron chi connectivity index (χ4n) is 1.07. The van der Waals surface area contributed by atoms with Crippen molar-refractivity contribution in [1.82, 2.24) is 0 Å². The second kappa shape index (κ2) is 4.33. The minimum absolute atomic E-state index is 1.13. The molecule has 0 bridgehead atoms. The van der Waals surface area contributed by atoms with E-state index in [1.54, 1.807) is 11.0 Å². The van der Waals surface area contributed by atoms with Crippen molar-refractivity contribution in [3.8, 4) is 0 Å². The van der Waals surface area contributed by atoms with Crippen LogP contribution in [0.4, 0.5) is 17.3 Å². The van der Waals surface area contributed by atoms with Crippen molar-refractivity contribution in [3.05, 3.63) is 30.5 Å². The van der Waals surface area contributed by atoms with E-state index in [0.29, 0.717) is 0 Å². The van der Waals surface area contributed by atoms with Crippen LogP contribution in [0.25, 0.3) is 10.9 Å². The van der Waals surface area contributed by atoms with Gasteiger partial charge in [0.1, 0.15) is 0 Å². The predicted molar refractivity (Wildman–Crippen MR) is 47.6 cm³/mol. The Labute approximate surface area is 83.2 Å². The molecule has 2 nitrogen and oxygen atoms in total. The van der Waals surface area contributed by atoms with Crippen LogP contribution in [0.15, 0.2) is 35.1 Å². The molecular formula is C8H8BF4NO. The van der Waals surface area contributed by atoms with Crippen molar-refractivity contribution in [3.63, 3.8) is 0 Å². The number of rotatable bonds is 0. The quantitative estimate of drug-likeness (QED) is 0.379. The number of halogens is 4. The van der Waals surface area contributed by atoms with Gasteiger partial charge in [-0.1, -0.05) is 12.1 Å². The second-order valence-electron chi connectivity index (χ2n) is 2.77. The largest absolute Gasteiger partial charge is 0.673 e. The molecule has 1 aromatic carbocycles. The summed E-state index contributed by atoms with van der Waals surface area (Å²) in [6.07, 6.45) is 1.75. The van der Waals surface area contributed by atoms with Crippen LogP contribution in [-0.2, 0) is 7.05 Å². The lowest BCUT2D eigenvalue weighted by molar-refractivity contribution is -0.824. The van der Waals surface area contributed by atoms with Gasteiger partial charge in [-0.05, 0) is 10.8 Å². The van der Waals surface area contributed by atoms with Gasteiger partial charge in [-0.15, -0.1) is 0 Å². The van der Waals surface area contributed by atoms with Crippen molar-refractivity contribution in [2.75, 3.05) is 0 Å². The molecule has 82 valence electrons. The first-order valence-corrected chi connectivity index (χ1v) is 4.08. The molecule has 0 fully saturated rings. The molecule has 7 heteroatoms. The summed E-state index contributed by atoms with van der Waals surface area (Å²) in [5, 5.41) is 1.14. The Balaban J connectivity index is 0.000000195. The number of nitrogens with zero attached hydrogens (tertiary/aromatic N) is 1. The van der Waals surface area contributed by atoms with Gasteiger partial charge in [0, 0.05) is 6.07 Å². The fraction of sp³-hybridized carbons (Fsp3) is 0.125. The van der Waals surface area contributed by atoms with E-state index >= 15 is 0 Å². The molecular weight excluding hydrogens is 213 g/mol. The maximum atomic E-state index is 9.75. The standard InChI is InChI=1S/C8H8NO.BF4/c1-9-8-5-3-2-4-7(8)6-10-9;2-1(3,4)5/h2-6H,1H3;/q+1;-1. The Kier molecular flexibility index (Phi) is 3.33. The number of hydrogen-bond acceptors (Lipinski definition) is 1. The van der Waals surface area contributed by atoms with Crippen LogP contribution in [0.5, 0.6) is 0 Å². The maximum absolute atomic E-state index is 9.75. The Hall–Kier alpha value is -1.53. The number of fused-ring (bicyclic) bond motifs is 1. The highest BCUT2D eigenvalue weighted by Gasteiger charge is 2.20. The van der Waals surface area contributed by atoms with Gasteiger partial charge in [0.2, 0.25) is 0 Å². The van der Waals surface area contributed by atoms with E-state index in [1.807, 2.05) is 31.3 Å². The average Bonchev–Trinajstić information content (AvgIpc) is 2.46. The van der Waals surface area contributed by atoms with E-state index in [-0.39, 0.29) is 0 Å². The molecule has 0 atom stereocenters. The Morgan fingerprint density at radius 3 is 2.20 bits per heavy atom. The number of para-hydroxylation sites is 1. The van der Waals surface area contributed by atoms with E-state index in [2.05, 4.69) is 0 Å². The van der Waals surface area contributed by atoms with Crippen LogP contribution >= 0.6 is 0 Å². The Bertz CT molecular complexity index is 433. The zero-order valence-electron chi connectivity index (χ0n) is 7.83. The minimum Gasteiger partial charge on any atom is -0.418 e. The van der Waals surface area contributed by atoms with Crippen LogP contribution in [-0.4, -0.2) is 7.25 Å². The molecule has 0 saturated heterocycles. The highest BCUT2D eigenvalue weighted by atomic mass is 19.5. The Morgan fingerprint density at radius 1 is 1.13 bits per heavy atom. The first-order valence-electron chi connectivity index (χ1n) is 4.08. The van der Waals surface area contributed by atoms with Crippen LogP contribution < -0.4 is 4.74 Å². The monoisotopic (exact) mass is 221 g/mol. The first-order chi connectivity index (χ1) is 6.88. The highest BCUT2D eigenvalue weighted by Crippen LogP contribution is 2.07. The Morgan fingerprint density at radius 2 is 1.67 bits per heavy atom. The second-order valence-corrected chi connectivity index (χ2v) is 2.77. The van der Waals surface area contributed by atoms with Crippen LogP contribution in [0.2, 0.25) is 0 Å². The summed E-state index contributed by atoms with van der Waals surface area (Å²) in [5.74, 6) is 0. The smallest absolute Gasteiger partial charge is 0.418 e. The van der Waals surface area contributed by atoms with E-state index < -0.39 is 7.25 Å². The predicted octanol–water partition coefficient (Wildman–Crippen LogP) is 2.56. The summed E-state index contributed by atoms with van der Waals surface area (Å²) in [6.45, 7) is 0. The summed E-state index contributed by atoms with van der Waals surface area (Å²) in [6, 6.07) is 8.05. The van der Waals surface area contributed by atoms with Crippen molar-refractivity contribution in [1.29, 1.82) is 0 Å². The van der Waals surface area contributed by atoms with Gasteiger partial charge in [0.25, 0.3) is 5.52 Å². The van der Waals surface area contributed by atoms with E-state index in [0.717, 1.165) is 10.9 Å². The third-order valence-electron chi connectivity index (χ3n) is 1.61. The third-order valence-corrected chi connectivity index (χ3v) is 1.61. The fourth-order valence-corrected chi connectivity index (χ4v) is 1.07. The van der Waals surface area contributed by atoms with Crippen LogP contribution in [0, 0.1) is 0 Å². The average molecular weight is 221 g/mol. The minimum atomic E-state index is -6.00. The lowest BCUT2D eigenvalue weighted by atomic mass is 10.3. The molecule has 0 N–H and O–H groups in total. The summed E-state index contributed by atoms with van der Waals surface area (Å²) in [7, 11) is -4.11. The van der Waals surface area contributed by atoms with Gasteiger partial charge >= 0.3 is 7.25 Å². The molecule has 0 aliphatic rings. The summed E-state index contributed by atoms with van der Waals surface area (Å²) < 4.78 is 45.9. The van der Waals surface area contributed by atoms with Crippen molar-refractivity contribution in [2.45, 2.75) is 0 Å². The molecule has 0 radical (unpaired) electrons. The SMILES string of the molecule is C[n+]1occ2ccccc21.F[B-](F)(F)F. The summed E-state index contributed by atoms with van der Waals surface area (Å²) in [5.41, 5.74) is 1.13. The molecule has 1 aromatic heterocycles. The molecule has 2 aromatic rings. The molecule has 0 aliphatic carbocycles. The van der Waals surface area contributed by atoms with Crippen LogP contribution in [0.3, 0.4) is 0 Å². The summed E-state index contributed by atoms with van der Waals surface area (Å²) >= 11 is 0. The molecule has 0 spiro atoms. The molecule has 1 heterocycles. The van der Waals surface area contributed by atoms with E-state index in [4.69, 9.17) is 4.52 Å². The number of benzene rings is 1. The zero-order valence-corrected chi connectivity index (χ0v) is 7.83. The van der Waals surface area contributed by atoms with Gasteiger partial charge in [-0.3, -0.25) is 0 Å².